The van der Waals surface area contributed by atoms with Crippen molar-refractivity contribution in [2.75, 3.05) is 10.8 Å². The summed E-state index contributed by atoms with van der Waals surface area (Å²) in [5.74, 6) is -1.81. The number of nitrogens with zero attached hydrogens (tertiary/aromatic N) is 2. The number of carbonyl (C=O) groups is 2. The van der Waals surface area contributed by atoms with Gasteiger partial charge in [0.2, 0.25) is 11.8 Å². The maximum atomic E-state index is 14.9. The number of hydrogen-bond donors (Lipinski definition) is 1. The predicted octanol–water partition coefficient (Wildman–Crippen LogP) is 5.12. The van der Waals surface area contributed by atoms with Crippen molar-refractivity contribution in [3.8, 4) is 0 Å². The zero-order valence-corrected chi connectivity index (χ0v) is 23.9. The maximum Gasteiger partial charge on any atom is 0.264 e. The molecule has 0 aliphatic rings. The fourth-order valence-electron chi connectivity index (χ4n) is 3.72. The van der Waals surface area contributed by atoms with E-state index < -0.39 is 34.3 Å². The van der Waals surface area contributed by atoms with E-state index in [4.69, 9.17) is 0 Å². The Morgan fingerprint density at radius 1 is 0.947 bits per heavy atom. The largest absolute Gasteiger partial charge is 0.352 e. The van der Waals surface area contributed by atoms with Gasteiger partial charge in [0.25, 0.3) is 10.0 Å². The molecule has 3 rings (SSSR count). The van der Waals surface area contributed by atoms with Crippen LogP contribution < -0.4 is 9.62 Å². The average Bonchev–Trinajstić information content (AvgIpc) is 2.91. The molecule has 1 N–H and O–H groups in total. The van der Waals surface area contributed by atoms with Gasteiger partial charge in [-0.3, -0.25) is 13.9 Å². The van der Waals surface area contributed by atoms with Crippen molar-refractivity contribution in [1.29, 1.82) is 0 Å². The Morgan fingerprint density at radius 3 is 2.16 bits per heavy atom. The molecule has 0 aliphatic carbocycles. The molecule has 3 aromatic carbocycles. The van der Waals surface area contributed by atoms with Gasteiger partial charge in [-0.2, -0.15) is 0 Å². The third kappa shape index (κ3) is 7.20. The van der Waals surface area contributed by atoms with E-state index in [9.17, 15) is 22.4 Å². The van der Waals surface area contributed by atoms with Gasteiger partial charge in [-0.25, -0.2) is 12.8 Å². The number of para-hydroxylation sites is 1. The van der Waals surface area contributed by atoms with Gasteiger partial charge in [0.15, 0.2) is 0 Å². The topological polar surface area (TPSA) is 86.8 Å². The number of rotatable bonds is 11. The molecular weight excluding hydrogens is 573 g/mol. The minimum absolute atomic E-state index is 0.0533. The van der Waals surface area contributed by atoms with Crippen LogP contribution in [0.15, 0.2) is 88.2 Å². The zero-order chi connectivity index (χ0) is 27.9. The lowest BCUT2D eigenvalue weighted by molar-refractivity contribution is -0.139. The molecule has 0 heterocycles. The number of halogens is 2. The highest BCUT2D eigenvalue weighted by Gasteiger charge is 2.33. The molecule has 0 aromatic heterocycles. The van der Waals surface area contributed by atoms with E-state index in [0.717, 1.165) is 20.4 Å². The second-order valence-electron chi connectivity index (χ2n) is 8.92. The molecular formula is C28H31BrFN3O4S. The molecule has 0 spiro atoms. The molecule has 0 saturated heterocycles. The maximum absolute atomic E-state index is 14.9. The fourth-order valence-corrected chi connectivity index (χ4v) is 5.43. The van der Waals surface area contributed by atoms with Crippen LogP contribution >= 0.6 is 15.9 Å². The summed E-state index contributed by atoms with van der Waals surface area (Å²) in [7, 11) is -4.31. The molecule has 0 radical (unpaired) electrons. The Kier molecular flexibility index (Phi) is 10.0. The van der Waals surface area contributed by atoms with Crippen LogP contribution in [0.5, 0.6) is 0 Å². The minimum atomic E-state index is -4.31. The first-order valence-electron chi connectivity index (χ1n) is 12.2. The van der Waals surface area contributed by atoms with Crippen molar-refractivity contribution >= 4 is 43.5 Å². The average molecular weight is 605 g/mol. The zero-order valence-electron chi connectivity index (χ0n) is 21.5. The van der Waals surface area contributed by atoms with E-state index >= 15 is 0 Å². The third-order valence-electron chi connectivity index (χ3n) is 6.17. The second-order valence-corrected chi connectivity index (χ2v) is 11.7. The lowest BCUT2D eigenvalue weighted by Gasteiger charge is -2.32. The third-order valence-corrected chi connectivity index (χ3v) is 8.47. The van der Waals surface area contributed by atoms with E-state index in [1.54, 1.807) is 37.3 Å². The van der Waals surface area contributed by atoms with Gasteiger partial charge in [-0.1, -0.05) is 65.3 Å². The van der Waals surface area contributed by atoms with Crippen LogP contribution in [0.4, 0.5) is 10.1 Å². The molecule has 0 aliphatic heterocycles. The van der Waals surface area contributed by atoms with Gasteiger partial charge in [-0.05, 0) is 62.2 Å². The van der Waals surface area contributed by atoms with Gasteiger partial charge in [-0.15, -0.1) is 0 Å². The number of benzene rings is 3. The van der Waals surface area contributed by atoms with Crippen molar-refractivity contribution in [1.82, 2.24) is 10.2 Å². The van der Waals surface area contributed by atoms with E-state index in [-0.39, 0.29) is 29.1 Å². The number of amides is 2. The van der Waals surface area contributed by atoms with Crippen LogP contribution in [0.1, 0.15) is 32.8 Å². The van der Waals surface area contributed by atoms with E-state index in [2.05, 4.69) is 21.2 Å². The van der Waals surface area contributed by atoms with E-state index in [0.29, 0.717) is 6.42 Å². The van der Waals surface area contributed by atoms with E-state index in [1.807, 2.05) is 26.0 Å². The van der Waals surface area contributed by atoms with Crippen LogP contribution in [0.25, 0.3) is 0 Å². The minimum Gasteiger partial charge on any atom is -0.352 e. The lowest BCUT2D eigenvalue weighted by atomic mass is 10.1. The fraction of sp³-hybridized carbons (Fsp3) is 0.286. The summed E-state index contributed by atoms with van der Waals surface area (Å²) in [6.07, 6.45) is 0.704. The Hall–Kier alpha value is -3.24. The standard InChI is InChI=1S/C28H31BrFN3O4S/c1-4-20(2)31-28(35)21(3)32(18-22-14-16-23(29)17-15-22)27(34)19-33(26-13-9-8-12-25(26)30)38(36,37)24-10-6-5-7-11-24/h5-17,20-21H,4,18-19H2,1-3H3,(H,31,35). The summed E-state index contributed by atoms with van der Waals surface area (Å²) in [6.45, 7) is 4.74. The summed E-state index contributed by atoms with van der Waals surface area (Å²) in [5.41, 5.74) is 0.484. The molecule has 38 heavy (non-hydrogen) atoms. The van der Waals surface area contributed by atoms with Gasteiger partial charge >= 0.3 is 0 Å². The molecule has 10 heteroatoms. The molecule has 0 saturated carbocycles. The lowest BCUT2D eigenvalue weighted by Crippen LogP contribution is -2.52. The van der Waals surface area contributed by atoms with Crippen molar-refractivity contribution in [2.24, 2.45) is 0 Å². The number of anilines is 1. The van der Waals surface area contributed by atoms with Crippen LogP contribution in [-0.4, -0.2) is 43.8 Å². The molecule has 2 atom stereocenters. The van der Waals surface area contributed by atoms with Crippen LogP contribution in [0.3, 0.4) is 0 Å². The summed E-state index contributed by atoms with van der Waals surface area (Å²) >= 11 is 3.38. The highest BCUT2D eigenvalue weighted by molar-refractivity contribution is 9.10. The highest BCUT2D eigenvalue weighted by Crippen LogP contribution is 2.27. The van der Waals surface area contributed by atoms with Crippen LogP contribution in [0.2, 0.25) is 0 Å². The number of hydrogen-bond acceptors (Lipinski definition) is 4. The Morgan fingerprint density at radius 2 is 1.55 bits per heavy atom. The molecule has 202 valence electrons. The van der Waals surface area contributed by atoms with Gasteiger partial charge in [0.05, 0.1) is 10.6 Å². The normalized spacial score (nSPS) is 12.9. The predicted molar refractivity (Wildman–Crippen MR) is 149 cm³/mol. The van der Waals surface area contributed by atoms with Crippen LogP contribution in [0, 0.1) is 5.82 Å². The summed E-state index contributed by atoms with van der Waals surface area (Å²) in [4.78, 5) is 28.1. The van der Waals surface area contributed by atoms with Gasteiger partial charge < -0.3 is 10.2 Å². The number of nitrogens with one attached hydrogen (secondary N) is 1. The van der Waals surface area contributed by atoms with Crippen LogP contribution in [-0.2, 0) is 26.2 Å². The number of sulfonamides is 1. The molecule has 2 amide bonds. The first-order valence-corrected chi connectivity index (χ1v) is 14.4. The van der Waals surface area contributed by atoms with Gasteiger partial charge in [0.1, 0.15) is 18.4 Å². The monoisotopic (exact) mass is 603 g/mol. The molecule has 0 fully saturated rings. The molecule has 0 bridgehead atoms. The van der Waals surface area contributed by atoms with Crippen molar-refractivity contribution in [3.63, 3.8) is 0 Å². The smallest absolute Gasteiger partial charge is 0.264 e. The van der Waals surface area contributed by atoms with E-state index in [1.165, 1.54) is 35.2 Å². The van der Waals surface area contributed by atoms with Crippen molar-refractivity contribution < 1.29 is 22.4 Å². The van der Waals surface area contributed by atoms with Crippen molar-refractivity contribution in [3.05, 3.63) is 94.7 Å². The second kappa shape index (κ2) is 13.0. The first-order chi connectivity index (χ1) is 18.0. The summed E-state index contributed by atoms with van der Waals surface area (Å²) < 4.78 is 43.8. The first kappa shape index (κ1) is 29.3. The Bertz CT molecular complexity index is 1350. The van der Waals surface area contributed by atoms with Gasteiger partial charge in [0, 0.05) is 17.1 Å². The van der Waals surface area contributed by atoms with Crippen molar-refractivity contribution in [2.45, 2.75) is 50.7 Å². The SMILES string of the molecule is CCC(C)NC(=O)C(C)N(Cc1ccc(Br)cc1)C(=O)CN(c1ccccc1F)S(=O)(=O)c1ccccc1. The summed E-state index contributed by atoms with van der Waals surface area (Å²) in [6, 6.07) is 19.1. The molecule has 2 unspecified atom stereocenters. The number of carbonyl (C=O) groups excluding carboxylic acids is 2. The molecule has 7 nitrogen and oxygen atoms in total. The Labute approximate surface area is 231 Å². The summed E-state index contributed by atoms with van der Waals surface area (Å²) in [5, 5.41) is 2.88. The highest BCUT2D eigenvalue weighted by atomic mass is 79.9. The quantitative estimate of drug-likeness (QED) is 0.330. The molecule has 3 aromatic rings. The Balaban J connectivity index is 2.02.